The summed E-state index contributed by atoms with van der Waals surface area (Å²) in [5.74, 6) is 3.08. The summed E-state index contributed by atoms with van der Waals surface area (Å²) < 4.78 is 9.72. The molecule has 0 radical (unpaired) electrons. The molecule has 0 aliphatic carbocycles. The van der Waals surface area contributed by atoms with E-state index < -0.39 is 0 Å². The topological polar surface area (TPSA) is 82.7 Å². The molecule has 8 nitrogen and oxygen atoms in total. The zero-order valence-corrected chi connectivity index (χ0v) is 21.1. The van der Waals surface area contributed by atoms with E-state index >= 15 is 0 Å². The monoisotopic (exact) mass is 533 g/mol. The third-order valence-corrected chi connectivity index (χ3v) is 5.87. The Balaban J connectivity index is 0.00000300. The van der Waals surface area contributed by atoms with Gasteiger partial charge in [-0.2, -0.15) is 4.37 Å². The van der Waals surface area contributed by atoms with E-state index in [4.69, 9.17) is 9.52 Å². The molecule has 0 spiro atoms. The van der Waals surface area contributed by atoms with Crippen molar-refractivity contribution in [2.75, 3.05) is 44.2 Å². The summed E-state index contributed by atoms with van der Waals surface area (Å²) >= 11 is 1.50. The Morgan fingerprint density at radius 2 is 1.97 bits per heavy atom. The van der Waals surface area contributed by atoms with Crippen LogP contribution >= 0.6 is 35.5 Å². The van der Waals surface area contributed by atoms with Crippen LogP contribution in [0.5, 0.6) is 0 Å². The van der Waals surface area contributed by atoms with Crippen molar-refractivity contribution in [3.05, 3.63) is 22.8 Å². The van der Waals surface area contributed by atoms with Crippen molar-refractivity contribution in [3.63, 3.8) is 0 Å². The molecule has 1 atom stereocenters. The summed E-state index contributed by atoms with van der Waals surface area (Å²) in [6.07, 6.45) is 0.886. The third-order valence-electron chi connectivity index (χ3n) is 5.05. The molecule has 10 heteroatoms. The second-order valence-electron chi connectivity index (χ2n) is 7.15. The van der Waals surface area contributed by atoms with Gasteiger partial charge in [0.05, 0.1) is 5.69 Å². The summed E-state index contributed by atoms with van der Waals surface area (Å²) in [6.45, 7) is 15.6. The molecule has 3 rings (SSSR count). The van der Waals surface area contributed by atoms with Gasteiger partial charge >= 0.3 is 0 Å². The van der Waals surface area contributed by atoms with Crippen molar-refractivity contribution in [1.82, 2.24) is 24.7 Å². The van der Waals surface area contributed by atoms with Crippen LogP contribution in [-0.2, 0) is 6.42 Å². The SMILES string of the molecule is CCNC(=NCC(C)c1c(C)noc1C)N1CCN(c2nc(CC)ns2)CC1.I. The lowest BCUT2D eigenvalue weighted by Gasteiger charge is -2.36. The minimum absolute atomic E-state index is 0. The maximum atomic E-state index is 5.31. The third kappa shape index (κ3) is 5.80. The number of aliphatic imine (C=N–C) groups is 1. The van der Waals surface area contributed by atoms with Crippen LogP contribution in [-0.4, -0.2) is 64.6 Å². The maximum absolute atomic E-state index is 5.31. The number of aromatic nitrogens is 3. The fourth-order valence-electron chi connectivity index (χ4n) is 3.56. The first kappa shape index (κ1) is 23.8. The highest BCUT2D eigenvalue weighted by Crippen LogP contribution is 2.23. The van der Waals surface area contributed by atoms with E-state index in [-0.39, 0.29) is 29.9 Å². The molecule has 3 heterocycles. The minimum Gasteiger partial charge on any atom is -0.361 e. The van der Waals surface area contributed by atoms with Crippen LogP contribution in [0.4, 0.5) is 5.13 Å². The summed E-state index contributed by atoms with van der Waals surface area (Å²) in [6, 6.07) is 0. The Bertz CT molecular complexity index is 779. The average molecular weight is 533 g/mol. The highest BCUT2D eigenvalue weighted by molar-refractivity contribution is 14.0. The number of hydrogen-bond donors (Lipinski definition) is 1. The van der Waals surface area contributed by atoms with Gasteiger partial charge in [-0.05, 0) is 20.8 Å². The highest BCUT2D eigenvalue weighted by atomic mass is 127. The molecule has 0 amide bonds. The first-order valence-electron chi connectivity index (χ1n) is 10.1. The standard InChI is InChI=1S/C19H31N7OS.HI/c1-6-16-22-19(28-24-16)26-10-8-25(9-11-26)18(20-7-2)21-12-13(3)17-14(4)23-27-15(17)5;/h13H,6-12H2,1-5H3,(H,20,21);1H. The zero-order chi connectivity index (χ0) is 20.1. The number of hydrogen-bond acceptors (Lipinski definition) is 7. The quantitative estimate of drug-likeness (QED) is 0.347. The first-order valence-corrected chi connectivity index (χ1v) is 10.8. The van der Waals surface area contributed by atoms with Gasteiger partial charge in [0, 0.05) is 68.7 Å². The number of halogens is 1. The first-order chi connectivity index (χ1) is 13.5. The van der Waals surface area contributed by atoms with Gasteiger partial charge < -0.3 is 19.6 Å². The fourth-order valence-corrected chi connectivity index (χ4v) is 4.36. The fraction of sp³-hybridized carbons (Fsp3) is 0.684. The number of nitrogens with zero attached hydrogens (tertiary/aromatic N) is 6. The Morgan fingerprint density at radius 3 is 2.52 bits per heavy atom. The Labute approximate surface area is 194 Å². The maximum Gasteiger partial charge on any atom is 0.205 e. The van der Waals surface area contributed by atoms with E-state index in [1.807, 2.05) is 13.8 Å². The molecule has 1 fully saturated rings. The van der Waals surface area contributed by atoms with Crippen LogP contribution in [0.25, 0.3) is 0 Å². The second-order valence-corrected chi connectivity index (χ2v) is 7.88. The highest BCUT2D eigenvalue weighted by Gasteiger charge is 2.23. The normalized spacial score (nSPS) is 16.0. The van der Waals surface area contributed by atoms with Gasteiger partial charge in [0.15, 0.2) is 5.96 Å². The van der Waals surface area contributed by atoms with Crippen LogP contribution in [0.1, 0.15) is 49.5 Å². The van der Waals surface area contributed by atoms with Gasteiger partial charge in [-0.25, -0.2) is 4.98 Å². The molecule has 2 aromatic rings. The largest absolute Gasteiger partial charge is 0.361 e. The number of aryl methyl sites for hydroxylation is 3. The molecule has 162 valence electrons. The summed E-state index contributed by atoms with van der Waals surface area (Å²) in [7, 11) is 0. The van der Waals surface area contributed by atoms with E-state index in [1.165, 1.54) is 17.1 Å². The van der Waals surface area contributed by atoms with Crippen LogP contribution in [0.3, 0.4) is 0 Å². The average Bonchev–Trinajstić information content (AvgIpc) is 3.31. The lowest BCUT2D eigenvalue weighted by Crippen LogP contribution is -2.52. The van der Waals surface area contributed by atoms with Gasteiger partial charge in [0.25, 0.3) is 0 Å². The molecule has 1 saturated heterocycles. The van der Waals surface area contributed by atoms with E-state index in [0.29, 0.717) is 6.54 Å². The zero-order valence-electron chi connectivity index (χ0n) is 17.9. The Morgan fingerprint density at radius 1 is 1.24 bits per heavy atom. The van der Waals surface area contributed by atoms with Crippen LogP contribution in [0, 0.1) is 13.8 Å². The molecule has 1 aliphatic heterocycles. The molecular weight excluding hydrogens is 501 g/mol. The van der Waals surface area contributed by atoms with Gasteiger partial charge in [0.1, 0.15) is 11.6 Å². The summed E-state index contributed by atoms with van der Waals surface area (Å²) in [5, 5.41) is 8.55. The van der Waals surface area contributed by atoms with E-state index in [0.717, 1.165) is 67.5 Å². The van der Waals surface area contributed by atoms with Gasteiger partial charge in [-0.1, -0.05) is 19.0 Å². The van der Waals surface area contributed by atoms with Gasteiger partial charge in [0.2, 0.25) is 5.13 Å². The van der Waals surface area contributed by atoms with Crippen molar-refractivity contribution in [1.29, 1.82) is 0 Å². The number of anilines is 1. The smallest absolute Gasteiger partial charge is 0.205 e. The number of guanidine groups is 1. The number of piperazine rings is 1. The lowest BCUT2D eigenvalue weighted by molar-refractivity contribution is 0.372. The molecule has 2 aromatic heterocycles. The van der Waals surface area contributed by atoms with Crippen molar-refractivity contribution >= 4 is 46.6 Å². The Kier molecular flexibility index (Phi) is 9.12. The van der Waals surface area contributed by atoms with Crippen molar-refractivity contribution in [2.45, 2.75) is 47.0 Å². The molecule has 1 N–H and O–H groups in total. The second kappa shape index (κ2) is 11.1. The minimum atomic E-state index is 0. The predicted molar refractivity (Wildman–Crippen MR) is 129 cm³/mol. The van der Waals surface area contributed by atoms with Crippen LogP contribution in [0.15, 0.2) is 9.52 Å². The van der Waals surface area contributed by atoms with Crippen molar-refractivity contribution in [3.8, 4) is 0 Å². The molecule has 0 bridgehead atoms. The van der Waals surface area contributed by atoms with Crippen LogP contribution < -0.4 is 10.2 Å². The molecule has 1 aliphatic rings. The Hall–Kier alpha value is -1.43. The van der Waals surface area contributed by atoms with Gasteiger partial charge in [-0.15, -0.1) is 24.0 Å². The summed E-state index contributed by atoms with van der Waals surface area (Å²) in [5.41, 5.74) is 2.13. The molecule has 0 saturated carbocycles. The molecule has 29 heavy (non-hydrogen) atoms. The lowest BCUT2D eigenvalue weighted by atomic mass is 10.00. The van der Waals surface area contributed by atoms with Gasteiger partial charge in [-0.3, -0.25) is 4.99 Å². The number of nitrogens with one attached hydrogen (secondary N) is 1. The van der Waals surface area contributed by atoms with Crippen molar-refractivity contribution in [2.24, 2.45) is 4.99 Å². The predicted octanol–water partition coefficient (Wildman–Crippen LogP) is 3.21. The van der Waals surface area contributed by atoms with E-state index in [1.54, 1.807) is 0 Å². The van der Waals surface area contributed by atoms with Crippen LogP contribution in [0.2, 0.25) is 0 Å². The summed E-state index contributed by atoms with van der Waals surface area (Å²) in [4.78, 5) is 14.2. The molecular formula is C19H32IN7OS. The van der Waals surface area contributed by atoms with E-state index in [9.17, 15) is 0 Å². The molecule has 1 unspecified atom stereocenters. The van der Waals surface area contributed by atoms with E-state index in [2.05, 4.69) is 50.4 Å². The molecule has 0 aromatic carbocycles. The number of rotatable bonds is 6. The van der Waals surface area contributed by atoms with Crippen molar-refractivity contribution < 1.29 is 4.52 Å².